The van der Waals surface area contributed by atoms with Crippen LogP contribution in [0.3, 0.4) is 0 Å². The topological polar surface area (TPSA) is 76.0 Å². The molecule has 31 heavy (non-hydrogen) atoms. The first-order chi connectivity index (χ1) is 14.8. The van der Waals surface area contributed by atoms with Crippen LogP contribution in [-0.4, -0.2) is 60.8 Å². The second-order valence-corrected chi connectivity index (χ2v) is 11.5. The summed E-state index contributed by atoms with van der Waals surface area (Å²) >= 11 is 7.32. The van der Waals surface area contributed by atoms with Gasteiger partial charge in [-0.05, 0) is 41.8 Å². The summed E-state index contributed by atoms with van der Waals surface area (Å²) in [5, 5.41) is 1.16. The quantitative estimate of drug-likeness (QED) is 0.634. The smallest absolute Gasteiger partial charge is 0.252 e. The number of amidine groups is 1. The van der Waals surface area contributed by atoms with E-state index in [0.717, 1.165) is 23.3 Å². The molecule has 0 spiro atoms. The second-order valence-electron chi connectivity index (χ2n) is 7.68. The van der Waals surface area contributed by atoms with Crippen LogP contribution in [0.15, 0.2) is 53.5 Å². The average Bonchev–Trinajstić information content (AvgIpc) is 3.19. The van der Waals surface area contributed by atoms with Gasteiger partial charge in [0.15, 0.2) is 15.0 Å². The largest absolute Gasteiger partial charge is 0.497 e. The van der Waals surface area contributed by atoms with Gasteiger partial charge in [-0.3, -0.25) is 4.79 Å². The fourth-order valence-electron chi connectivity index (χ4n) is 3.86. The SMILES string of the molecule is COc1ccc(CCN2C(=NC(=O)Cc3ccc(Cl)cc3)S[C@@H]3CS(=O)(=O)C[C@H]32)cc1. The van der Waals surface area contributed by atoms with Crippen molar-refractivity contribution in [2.75, 3.05) is 25.2 Å². The molecular weight excluding hydrogens is 456 g/mol. The summed E-state index contributed by atoms with van der Waals surface area (Å²) < 4.78 is 29.5. The third kappa shape index (κ3) is 5.42. The molecule has 6 nitrogen and oxygen atoms in total. The zero-order chi connectivity index (χ0) is 22.0. The van der Waals surface area contributed by atoms with Crippen LogP contribution in [-0.2, 0) is 27.5 Å². The Morgan fingerprint density at radius 1 is 1.13 bits per heavy atom. The van der Waals surface area contributed by atoms with Crippen LogP contribution < -0.4 is 4.74 Å². The summed E-state index contributed by atoms with van der Waals surface area (Å²) in [7, 11) is -1.44. The molecule has 2 atom stereocenters. The van der Waals surface area contributed by atoms with Crippen molar-refractivity contribution in [3.8, 4) is 5.75 Å². The Kier molecular flexibility index (Phi) is 6.60. The van der Waals surface area contributed by atoms with Crippen LogP contribution in [0, 0.1) is 0 Å². The minimum Gasteiger partial charge on any atom is -0.497 e. The molecule has 0 aliphatic carbocycles. The van der Waals surface area contributed by atoms with E-state index in [1.807, 2.05) is 41.3 Å². The maximum atomic E-state index is 12.6. The number of methoxy groups -OCH3 is 1. The minimum absolute atomic E-state index is 0.0806. The Bertz CT molecular complexity index is 1090. The van der Waals surface area contributed by atoms with Crippen LogP contribution >= 0.6 is 23.4 Å². The van der Waals surface area contributed by atoms with Crippen LogP contribution in [0.5, 0.6) is 5.75 Å². The van der Waals surface area contributed by atoms with E-state index in [4.69, 9.17) is 16.3 Å². The number of hydrogen-bond acceptors (Lipinski definition) is 5. The number of benzene rings is 2. The summed E-state index contributed by atoms with van der Waals surface area (Å²) in [5.41, 5.74) is 1.95. The second kappa shape index (κ2) is 9.22. The molecule has 164 valence electrons. The first kappa shape index (κ1) is 22.2. The fourth-order valence-corrected chi connectivity index (χ4v) is 7.98. The van der Waals surface area contributed by atoms with Crippen molar-refractivity contribution < 1.29 is 17.9 Å². The summed E-state index contributed by atoms with van der Waals surface area (Å²) in [6.45, 7) is 0.600. The predicted octanol–water partition coefficient (Wildman–Crippen LogP) is 3.23. The highest BCUT2D eigenvalue weighted by Gasteiger charge is 2.48. The Hall–Kier alpha value is -2.03. The lowest BCUT2D eigenvalue weighted by Gasteiger charge is -2.24. The molecule has 2 fully saturated rings. The molecule has 0 unspecified atom stereocenters. The van der Waals surface area contributed by atoms with E-state index < -0.39 is 9.84 Å². The molecule has 9 heteroatoms. The first-order valence-electron chi connectivity index (χ1n) is 9.95. The molecule has 1 amide bonds. The van der Waals surface area contributed by atoms with E-state index in [0.29, 0.717) is 16.7 Å². The number of carbonyl (C=O) groups is 1. The van der Waals surface area contributed by atoms with Gasteiger partial charge >= 0.3 is 0 Å². The van der Waals surface area contributed by atoms with Gasteiger partial charge in [-0.15, -0.1) is 0 Å². The van der Waals surface area contributed by atoms with E-state index in [2.05, 4.69) is 4.99 Å². The van der Waals surface area contributed by atoms with Crippen molar-refractivity contribution in [2.24, 2.45) is 4.99 Å². The number of halogens is 1. The molecule has 2 saturated heterocycles. The number of amides is 1. The van der Waals surface area contributed by atoms with Crippen molar-refractivity contribution in [2.45, 2.75) is 24.1 Å². The molecule has 0 aromatic heterocycles. The van der Waals surface area contributed by atoms with Crippen LogP contribution in [0.4, 0.5) is 0 Å². The maximum Gasteiger partial charge on any atom is 0.252 e. The number of fused-ring (bicyclic) bond motifs is 1. The molecule has 2 aliphatic rings. The van der Waals surface area contributed by atoms with Gasteiger partial charge in [-0.1, -0.05) is 47.6 Å². The van der Waals surface area contributed by atoms with Gasteiger partial charge in [0, 0.05) is 16.8 Å². The van der Waals surface area contributed by atoms with Gasteiger partial charge < -0.3 is 9.64 Å². The molecular formula is C22H23ClN2O4S2. The Labute approximate surface area is 191 Å². The highest BCUT2D eigenvalue weighted by molar-refractivity contribution is 8.15. The molecule has 2 heterocycles. The normalized spacial score (nSPS) is 23.2. The van der Waals surface area contributed by atoms with E-state index >= 15 is 0 Å². The van der Waals surface area contributed by atoms with E-state index in [1.54, 1.807) is 19.2 Å². The number of carbonyl (C=O) groups excluding carboxylic acids is 1. The summed E-state index contributed by atoms with van der Waals surface area (Å²) in [4.78, 5) is 19.0. The fraction of sp³-hybridized carbons (Fsp3) is 0.364. The molecule has 0 saturated carbocycles. The Morgan fingerprint density at radius 3 is 2.48 bits per heavy atom. The van der Waals surface area contributed by atoms with E-state index in [1.165, 1.54) is 11.8 Å². The number of ether oxygens (including phenoxy) is 1. The Balaban J connectivity index is 1.49. The number of rotatable bonds is 6. The number of thioether (sulfide) groups is 1. The van der Waals surface area contributed by atoms with Crippen molar-refractivity contribution in [1.29, 1.82) is 0 Å². The first-order valence-corrected chi connectivity index (χ1v) is 13.0. The predicted molar refractivity (Wildman–Crippen MR) is 125 cm³/mol. The Morgan fingerprint density at radius 2 is 1.81 bits per heavy atom. The molecule has 4 rings (SSSR count). The van der Waals surface area contributed by atoms with Gasteiger partial charge in [0.05, 0.1) is 31.1 Å². The van der Waals surface area contributed by atoms with Crippen LogP contribution in [0.25, 0.3) is 0 Å². The molecule has 2 aromatic carbocycles. The van der Waals surface area contributed by atoms with E-state index in [9.17, 15) is 13.2 Å². The monoisotopic (exact) mass is 478 g/mol. The number of aliphatic imine (C=N–C) groups is 1. The van der Waals surface area contributed by atoms with Crippen molar-refractivity contribution >= 4 is 44.3 Å². The van der Waals surface area contributed by atoms with Gasteiger partial charge in [0.2, 0.25) is 0 Å². The highest BCUT2D eigenvalue weighted by atomic mass is 35.5. The maximum absolute atomic E-state index is 12.6. The minimum atomic E-state index is -3.07. The lowest BCUT2D eigenvalue weighted by atomic mass is 10.1. The van der Waals surface area contributed by atoms with E-state index in [-0.39, 0.29) is 35.1 Å². The third-order valence-corrected chi connectivity index (χ3v) is 8.96. The standard InChI is InChI=1S/C22H23ClN2O4S2/c1-29-18-8-4-15(5-9-18)10-11-25-19-13-31(27,28)14-20(19)30-22(25)24-21(26)12-16-2-6-17(23)7-3-16/h2-9,19-20H,10-14H2,1H3/t19-,20-/m1/s1. The van der Waals surface area contributed by atoms with Crippen molar-refractivity contribution in [3.63, 3.8) is 0 Å². The summed E-state index contributed by atoms with van der Waals surface area (Å²) in [6.07, 6.45) is 0.902. The zero-order valence-electron chi connectivity index (χ0n) is 17.0. The molecule has 0 N–H and O–H groups in total. The number of nitrogens with zero attached hydrogens (tertiary/aromatic N) is 2. The molecule has 2 aromatic rings. The number of hydrogen-bond donors (Lipinski definition) is 0. The van der Waals surface area contributed by atoms with Gasteiger partial charge in [-0.2, -0.15) is 4.99 Å². The van der Waals surface area contributed by atoms with Crippen molar-refractivity contribution in [3.05, 3.63) is 64.7 Å². The molecule has 0 bridgehead atoms. The molecule has 2 aliphatic heterocycles. The van der Waals surface area contributed by atoms with Gasteiger partial charge in [0.25, 0.3) is 5.91 Å². The molecule has 0 radical (unpaired) electrons. The van der Waals surface area contributed by atoms with Gasteiger partial charge in [0.1, 0.15) is 5.75 Å². The van der Waals surface area contributed by atoms with Crippen LogP contribution in [0.1, 0.15) is 11.1 Å². The third-order valence-electron chi connectivity index (χ3n) is 5.46. The average molecular weight is 479 g/mol. The highest BCUT2D eigenvalue weighted by Crippen LogP contribution is 2.38. The lowest BCUT2D eigenvalue weighted by molar-refractivity contribution is -0.117. The van der Waals surface area contributed by atoms with Gasteiger partial charge in [-0.25, -0.2) is 8.42 Å². The number of sulfone groups is 1. The zero-order valence-corrected chi connectivity index (χ0v) is 19.4. The van der Waals surface area contributed by atoms with Crippen molar-refractivity contribution in [1.82, 2.24) is 4.90 Å². The van der Waals surface area contributed by atoms with Crippen LogP contribution in [0.2, 0.25) is 5.02 Å². The summed E-state index contributed by atoms with van der Waals surface area (Å²) in [6, 6.07) is 14.8. The lowest BCUT2D eigenvalue weighted by Crippen LogP contribution is -2.39. The summed E-state index contributed by atoms with van der Waals surface area (Å²) in [5.74, 6) is 0.781.